The van der Waals surface area contributed by atoms with E-state index in [1.165, 1.54) is 36.5 Å². The Kier molecular flexibility index (Phi) is 3.08. The number of rotatable bonds is 1. The number of halogens is 4. The second-order valence-electron chi connectivity index (χ2n) is 4.46. The van der Waals surface area contributed by atoms with Gasteiger partial charge in [0.15, 0.2) is 0 Å². The zero-order valence-electron chi connectivity index (χ0n) is 10.5. The first kappa shape index (κ1) is 13.5. The van der Waals surface area contributed by atoms with Crippen molar-refractivity contribution >= 4 is 11.0 Å². The van der Waals surface area contributed by atoms with Crippen molar-refractivity contribution in [2.24, 2.45) is 0 Å². The fourth-order valence-electron chi connectivity index (χ4n) is 1.95. The molecule has 0 N–H and O–H groups in total. The van der Waals surface area contributed by atoms with Gasteiger partial charge in [-0.15, -0.1) is 0 Å². The summed E-state index contributed by atoms with van der Waals surface area (Å²) in [6, 6.07) is 8.84. The minimum absolute atomic E-state index is 0.163. The maximum absolute atomic E-state index is 12.9. The molecular formula is C15H8F4N2. The van der Waals surface area contributed by atoms with Crippen molar-refractivity contribution in [3.8, 4) is 11.3 Å². The summed E-state index contributed by atoms with van der Waals surface area (Å²) in [4.78, 5) is 8.24. The monoisotopic (exact) mass is 292 g/mol. The molecule has 0 unspecified atom stereocenters. The molecule has 1 heterocycles. The fraction of sp³-hybridized carbons (Fsp3) is 0.0667. The minimum atomic E-state index is -4.41. The molecule has 0 spiro atoms. The fourth-order valence-corrected chi connectivity index (χ4v) is 1.95. The number of nitrogens with zero attached hydrogens (tertiary/aromatic N) is 2. The van der Waals surface area contributed by atoms with Crippen LogP contribution in [0.1, 0.15) is 5.56 Å². The van der Waals surface area contributed by atoms with Crippen LogP contribution >= 0.6 is 0 Å². The summed E-state index contributed by atoms with van der Waals surface area (Å²) in [6.07, 6.45) is -3.04. The lowest BCUT2D eigenvalue weighted by Gasteiger charge is -2.08. The predicted molar refractivity (Wildman–Crippen MR) is 69.9 cm³/mol. The van der Waals surface area contributed by atoms with Gasteiger partial charge in [0, 0.05) is 5.56 Å². The van der Waals surface area contributed by atoms with Gasteiger partial charge in [0.25, 0.3) is 0 Å². The maximum Gasteiger partial charge on any atom is 0.416 e. The van der Waals surface area contributed by atoms with Gasteiger partial charge in [-0.1, -0.05) is 0 Å². The van der Waals surface area contributed by atoms with Crippen molar-refractivity contribution in [3.05, 3.63) is 60.0 Å². The Morgan fingerprint density at radius 2 is 1.57 bits per heavy atom. The first-order valence-electron chi connectivity index (χ1n) is 6.03. The highest BCUT2D eigenvalue weighted by Gasteiger charge is 2.30. The average molecular weight is 292 g/mol. The largest absolute Gasteiger partial charge is 0.416 e. The van der Waals surface area contributed by atoms with Gasteiger partial charge in [0.2, 0.25) is 0 Å². The summed E-state index contributed by atoms with van der Waals surface area (Å²) in [6.45, 7) is 0. The predicted octanol–water partition coefficient (Wildman–Crippen LogP) is 4.45. The first-order chi connectivity index (χ1) is 9.93. The Hall–Kier alpha value is -2.50. The third-order valence-electron chi connectivity index (χ3n) is 3.01. The number of fused-ring (bicyclic) bond motifs is 1. The van der Waals surface area contributed by atoms with Crippen LogP contribution < -0.4 is 0 Å². The standard InChI is InChI=1S/C15H8F4N2/c16-11-4-1-9(2-5-11)14-8-20-13-7-10(15(17,18)19)3-6-12(13)21-14/h1-8H. The van der Waals surface area contributed by atoms with E-state index in [1.54, 1.807) is 0 Å². The smallest absolute Gasteiger partial charge is 0.252 e. The van der Waals surface area contributed by atoms with Crippen LogP contribution in [0.25, 0.3) is 22.3 Å². The van der Waals surface area contributed by atoms with E-state index in [2.05, 4.69) is 9.97 Å². The van der Waals surface area contributed by atoms with Gasteiger partial charge in [-0.25, -0.2) is 9.37 Å². The van der Waals surface area contributed by atoms with E-state index in [0.717, 1.165) is 12.1 Å². The second kappa shape index (κ2) is 4.80. The van der Waals surface area contributed by atoms with Gasteiger partial charge in [0.1, 0.15) is 5.82 Å². The molecule has 6 heteroatoms. The van der Waals surface area contributed by atoms with Crippen molar-refractivity contribution in [1.82, 2.24) is 9.97 Å². The van der Waals surface area contributed by atoms with Crippen LogP contribution in [-0.2, 0) is 6.18 Å². The lowest BCUT2D eigenvalue weighted by atomic mass is 10.1. The Morgan fingerprint density at radius 1 is 0.857 bits per heavy atom. The minimum Gasteiger partial charge on any atom is -0.252 e. The van der Waals surface area contributed by atoms with E-state index < -0.39 is 11.7 Å². The van der Waals surface area contributed by atoms with Crippen LogP contribution in [0.15, 0.2) is 48.7 Å². The molecule has 21 heavy (non-hydrogen) atoms. The third kappa shape index (κ3) is 2.69. The summed E-state index contributed by atoms with van der Waals surface area (Å²) in [5, 5.41) is 0. The van der Waals surface area contributed by atoms with Crippen LogP contribution in [-0.4, -0.2) is 9.97 Å². The lowest BCUT2D eigenvalue weighted by Crippen LogP contribution is -2.04. The molecule has 0 fully saturated rings. The number of benzene rings is 2. The summed E-state index contributed by atoms with van der Waals surface area (Å²) in [5.74, 6) is -0.373. The molecule has 3 rings (SSSR count). The molecule has 0 saturated carbocycles. The van der Waals surface area contributed by atoms with Gasteiger partial charge < -0.3 is 0 Å². The Balaban J connectivity index is 2.07. The molecule has 2 aromatic carbocycles. The molecule has 106 valence electrons. The normalized spacial score (nSPS) is 11.8. The van der Waals surface area contributed by atoms with Gasteiger partial charge >= 0.3 is 6.18 Å². The topological polar surface area (TPSA) is 25.8 Å². The summed E-state index contributed by atoms with van der Waals surface area (Å²) < 4.78 is 50.7. The highest BCUT2D eigenvalue weighted by atomic mass is 19.4. The van der Waals surface area contributed by atoms with Crippen LogP contribution in [0.5, 0.6) is 0 Å². The van der Waals surface area contributed by atoms with Gasteiger partial charge in [0.05, 0.1) is 28.5 Å². The van der Waals surface area contributed by atoms with E-state index in [-0.39, 0.29) is 11.3 Å². The number of aromatic nitrogens is 2. The molecule has 3 aromatic rings. The summed E-state index contributed by atoms with van der Waals surface area (Å²) >= 11 is 0. The second-order valence-corrected chi connectivity index (χ2v) is 4.46. The molecule has 0 bridgehead atoms. The summed E-state index contributed by atoms with van der Waals surface area (Å²) in [7, 11) is 0. The Morgan fingerprint density at radius 3 is 2.24 bits per heavy atom. The molecule has 1 aromatic heterocycles. The lowest BCUT2D eigenvalue weighted by molar-refractivity contribution is -0.137. The zero-order valence-corrected chi connectivity index (χ0v) is 10.5. The van der Waals surface area contributed by atoms with Crippen LogP contribution in [0.4, 0.5) is 17.6 Å². The van der Waals surface area contributed by atoms with E-state index in [9.17, 15) is 17.6 Å². The van der Waals surface area contributed by atoms with Gasteiger partial charge in [-0.2, -0.15) is 13.2 Å². The van der Waals surface area contributed by atoms with Crippen LogP contribution in [0.3, 0.4) is 0 Å². The van der Waals surface area contributed by atoms with Crippen molar-refractivity contribution in [2.75, 3.05) is 0 Å². The van der Waals surface area contributed by atoms with Crippen molar-refractivity contribution < 1.29 is 17.6 Å². The van der Waals surface area contributed by atoms with Crippen LogP contribution in [0, 0.1) is 5.82 Å². The highest BCUT2D eigenvalue weighted by Crippen LogP contribution is 2.31. The van der Waals surface area contributed by atoms with E-state index in [1.807, 2.05) is 0 Å². The molecule has 0 aliphatic rings. The SMILES string of the molecule is Fc1ccc(-c2cnc3cc(C(F)(F)F)ccc3n2)cc1. The average Bonchev–Trinajstić information content (AvgIpc) is 2.46. The Labute approximate surface area is 117 Å². The summed E-state index contributed by atoms with van der Waals surface area (Å²) in [5.41, 5.74) is 0.868. The van der Waals surface area contributed by atoms with Crippen molar-refractivity contribution in [1.29, 1.82) is 0 Å². The van der Waals surface area contributed by atoms with Gasteiger partial charge in [-0.05, 0) is 42.5 Å². The molecule has 0 radical (unpaired) electrons. The van der Waals surface area contributed by atoms with Gasteiger partial charge in [-0.3, -0.25) is 4.98 Å². The molecule has 0 saturated heterocycles. The van der Waals surface area contributed by atoms with Crippen molar-refractivity contribution in [2.45, 2.75) is 6.18 Å². The highest BCUT2D eigenvalue weighted by molar-refractivity contribution is 5.77. The van der Waals surface area contributed by atoms with E-state index in [4.69, 9.17) is 0 Å². The third-order valence-corrected chi connectivity index (χ3v) is 3.01. The van der Waals surface area contributed by atoms with Crippen molar-refractivity contribution in [3.63, 3.8) is 0 Å². The molecule has 0 aliphatic heterocycles. The molecule has 0 aliphatic carbocycles. The molecule has 0 atom stereocenters. The quantitative estimate of drug-likeness (QED) is 0.619. The molecule has 2 nitrogen and oxygen atoms in total. The number of hydrogen-bond donors (Lipinski definition) is 0. The number of hydrogen-bond acceptors (Lipinski definition) is 2. The Bertz CT molecular complexity index is 795. The first-order valence-corrected chi connectivity index (χ1v) is 6.03. The molecule has 0 amide bonds. The maximum atomic E-state index is 12.9. The van der Waals surface area contributed by atoms with E-state index >= 15 is 0 Å². The van der Waals surface area contributed by atoms with E-state index in [0.29, 0.717) is 16.8 Å². The van der Waals surface area contributed by atoms with Crippen LogP contribution in [0.2, 0.25) is 0 Å². The number of alkyl halides is 3. The molecular weight excluding hydrogens is 284 g/mol. The zero-order chi connectivity index (χ0) is 15.0.